The number of rotatable bonds is 5. The molecule has 3 aliphatic rings. The average Bonchev–Trinajstić information content (AvgIpc) is 3.55. The molecule has 2 aliphatic heterocycles. The smallest absolute Gasteiger partial charge is 0.277 e. The maximum absolute atomic E-state index is 14.5. The van der Waals surface area contributed by atoms with Crippen LogP contribution < -0.4 is 5.32 Å². The molecule has 1 saturated carbocycles. The SMILES string of the molecule is O=C(CN1CCCC2=C1C(=O)N(C1CC1)C2=O)Nc1cc(F)c(-c2cccnc2)cn1. The molecule has 1 aliphatic carbocycles. The highest BCUT2D eigenvalue weighted by molar-refractivity contribution is 6.19. The van der Waals surface area contributed by atoms with E-state index in [4.69, 9.17) is 0 Å². The van der Waals surface area contributed by atoms with E-state index in [0.717, 1.165) is 18.9 Å². The molecule has 2 aromatic heterocycles. The minimum absolute atomic E-state index is 0.00761. The van der Waals surface area contributed by atoms with Crippen molar-refractivity contribution in [2.45, 2.75) is 31.7 Å². The van der Waals surface area contributed by atoms with Gasteiger partial charge in [-0.2, -0.15) is 0 Å². The molecule has 1 N–H and O–H groups in total. The van der Waals surface area contributed by atoms with Crippen LogP contribution in [0.1, 0.15) is 25.7 Å². The van der Waals surface area contributed by atoms with Gasteiger partial charge < -0.3 is 10.2 Å². The summed E-state index contributed by atoms with van der Waals surface area (Å²) in [6.07, 6.45) is 7.38. The molecule has 31 heavy (non-hydrogen) atoms. The maximum Gasteiger partial charge on any atom is 0.277 e. The van der Waals surface area contributed by atoms with Crippen molar-refractivity contribution in [2.75, 3.05) is 18.4 Å². The van der Waals surface area contributed by atoms with Crippen molar-refractivity contribution >= 4 is 23.5 Å². The van der Waals surface area contributed by atoms with Crippen LogP contribution in [-0.2, 0) is 14.4 Å². The summed E-state index contributed by atoms with van der Waals surface area (Å²) >= 11 is 0. The Kier molecular flexibility index (Phi) is 4.72. The number of anilines is 1. The van der Waals surface area contributed by atoms with Crippen molar-refractivity contribution in [3.8, 4) is 11.1 Å². The van der Waals surface area contributed by atoms with E-state index >= 15 is 0 Å². The van der Waals surface area contributed by atoms with E-state index in [-0.39, 0.29) is 35.8 Å². The fourth-order valence-corrected chi connectivity index (χ4v) is 4.10. The Labute approximate surface area is 177 Å². The lowest BCUT2D eigenvalue weighted by Crippen LogP contribution is -2.40. The Morgan fingerprint density at radius 1 is 1.23 bits per heavy atom. The third-order valence-corrected chi connectivity index (χ3v) is 5.70. The summed E-state index contributed by atoms with van der Waals surface area (Å²) in [4.78, 5) is 49.1. The number of nitrogens with one attached hydrogen (secondary N) is 1. The summed E-state index contributed by atoms with van der Waals surface area (Å²) in [6.45, 7) is 0.398. The molecular formula is C22H20FN5O3. The van der Waals surface area contributed by atoms with Crippen molar-refractivity contribution < 1.29 is 18.8 Å². The van der Waals surface area contributed by atoms with E-state index in [1.54, 1.807) is 23.2 Å². The molecule has 8 nitrogen and oxygen atoms in total. The third kappa shape index (κ3) is 3.56. The lowest BCUT2D eigenvalue weighted by molar-refractivity contribution is -0.138. The zero-order chi connectivity index (χ0) is 21.5. The molecule has 0 radical (unpaired) electrons. The second-order valence-corrected chi connectivity index (χ2v) is 7.90. The first-order valence-electron chi connectivity index (χ1n) is 10.2. The van der Waals surface area contributed by atoms with Crippen LogP contribution in [0.3, 0.4) is 0 Å². The first-order valence-corrected chi connectivity index (χ1v) is 10.2. The zero-order valence-electron chi connectivity index (χ0n) is 16.7. The van der Waals surface area contributed by atoms with Gasteiger partial charge in [0.2, 0.25) is 5.91 Å². The first-order chi connectivity index (χ1) is 15.0. The van der Waals surface area contributed by atoms with E-state index in [0.29, 0.717) is 36.2 Å². The van der Waals surface area contributed by atoms with Gasteiger partial charge >= 0.3 is 0 Å². The molecule has 158 valence electrons. The molecule has 4 heterocycles. The van der Waals surface area contributed by atoms with E-state index in [1.807, 2.05) is 0 Å². The van der Waals surface area contributed by atoms with Gasteiger partial charge in [-0.1, -0.05) is 6.07 Å². The first kappa shape index (κ1) is 19.3. The molecule has 0 atom stereocenters. The molecule has 5 rings (SSSR count). The third-order valence-electron chi connectivity index (χ3n) is 5.70. The number of hydrogen-bond donors (Lipinski definition) is 1. The van der Waals surface area contributed by atoms with Gasteiger partial charge in [-0.3, -0.25) is 24.3 Å². The highest BCUT2D eigenvalue weighted by atomic mass is 19.1. The van der Waals surface area contributed by atoms with Crippen LogP contribution in [-0.4, -0.2) is 56.6 Å². The summed E-state index contributed by atoms with van der Waals surface area (Å²) < 4.78 is 14.5. The topological polar surface area (TPSA) is 95.5 Å². The standard InChI is InChI=1S/C22H20FN5O3/c23-17-9-18(25-11-16(17)13-3-1-7-24-10-13)26-19(29)12-27-8-2-4-15-20(27)22(31)28(21(15)30)14-5-6-14/h1,3,7,9-11,14H,2,4-6,8,12H2,(H,25,26,29). The summed E-state index contributed by atoms with van der Waals surface area (Å²) in [5.41, 5.74) is 1.71. The van der Waals surface area contributed by atoms with Crippen molar-refractivity contribution in [3.05, 3.63) is 53.9 Å². The molecule has 9 heteroatoms. The highest BCUT2D eigenvalue weighted by Gasteiger charge is 2.48. The van der Waals surface area contributed by atoms with E-state index in [9.17, 15) is 18.8 Å². The second kappa shape index (κ2) is 7.57. The van der Waals surface area contributed by atoms with Gasteiger partial charge in [0.25, 0.3) is 11.8 Å². The number of carbonyl (C=O) groups is 3. The lowest BCUT2D eigenvalue weighted by Gasteiger charge is -2.28. The quantitative estimate of drug-likeness (QED) is 0.743. The Balaban J connectivity index is 1.29. The van der Waals surface area contributed by atoms with Crippen LogP contribution >= 0.6 is 0 Å². The zero-order valence-corrected chi connectivity index (χ0v) is 16.7. The van der Waals surface area contributed by atoms with Gasteiger partial charge in [0.1, 0.15) is 17.3 Å². The Morgan fingerprint density at radius 3 is 2.77 bits per heavy atom. The predicted molar refractivity (Wildman–Crippen MR) is 109 cm³/mol. The normalized spacial score (nSPS) is 18.5. The largest absolute Gasteiger partial charge is 0.357 e. The van der Waals surface area contributed by atoms with Gasteiger partial charge in [0.15, 0.2) is 0 Å². The molecule has 0 spiro atoms. The Morgan fingerprint density at radius 2 is 2.06 bits per heavy atom. The Bertz CT molecular complexity index is 1110. The molecular weight excluding hydrogens is 401 g/mol. The molecule has 0 saturated heterocycles. The molecule has 0 bridgehead atoms. The van der Waals surface area contributed by atoms with Crippen LogP contribution in [0.4, 0.5) is 10.2 Å². The van der Waals surface area contributed by atoms with Crippen molar-refractivity contribution in [1.29, 1.82) is 0 Å². The summed E-state index contributed by atoms with van der Waals surface area (Å²) in [5, 5.41) is 2.58. The minimum atomic E-state index is -0.530. The predicted octanol–water partition coefficient (Wildman–Crippen LogP) is 2.10. The molecule has 0 unspecified atom stereocenters. The van der Waals surface area contributed by atoms with Gasteiger partial charge in [-0.15, -0.1) is 0 Å². The molecule has 1 fully saturated rings. The van der Waals surface area contributed by atoms with Crippen molar-refractivity contribution in [2.24, 2.45) is 0 Å². The summed E-state index contributed by atoms with van der Waals surface area (Å²) in [5.74, 6) is -1.41. The van der Waals surface area contributed by atoms with Crippen molar-refractivity contribution in [3.63, 3.8) is 0 Å². The second-order valence-electron chi connectivity index (χ2n) is 7.90. The van der Waals surface area contributed by atoms with E-state index in [2.05, 4.69) is 15.3 Å². The molecule has 2 aromatic rings. The van der Waals surface area contributed by atoms with Crippen LogP contribution in [0, 0.1) is 5.82 Å². The van der Waals surface area contributed by atoms with Crippen LogP contribution in [0.15, 0.2) is 48.1 Å². The molecule has 3 amide bonds. The number of hydrogen-bond acceptors (Lipinski definition) is 6. The number of imide groups is 1. The maximum atomic E-state index is 14.5. The van der Waals surface area contributed by atoms with Gasteiger partial charge in [0.05, 0.1) is 6.54 Å². The van der Waals surface area contributed by atoms with Gasteiger partial charge in [-0.25, -0.2) is 9.37 Å². The highest BCUT2D eigenvalue weighted by Crippen LogP contribution is 2.38. The fourth-order valence-electron chi connectivity index (χ4n) is 4.10. The lowest BCUT2D eigenvalue weighted by atomic mass is 10.0. The summed E-state index contributed by atoms with van der Waals surface area (Å²) in [6, 6.07) is 4.57. The monoisotopic (exact) mass is 421 g/mol. The number of pyridine rings is 2. The summed E-state index contributed by atoms with van der Waals surface area (Å²) in [7, 11) is 0. The minimum Gasteiger partial charge on any atom is -0.357 e. The average molecular weight is 421 g/mol. The van der Waals surface area contributed by atoms with Crippen LogP contribution in [0.2, 0.25) is 0 Å². The van der Waals surface area contributed by atoms with Gasteiger partial charge in [0, 0.05) is 53.9 Å². The van der Waals surface area contributed by atoms with Crippen LogP contribution in [0.25, 0.3) is 11.1 Å². The molecule has 0 aromatic carbocycles. The van der Waals surface area contributed by atoms with E-state index in [1.165, 1.54) is 17.3 Å². The number of amides is 3. The number of halogens is 1. The Hall–Kier alpha value is -3.62. The van der Waals surface area contributed by atoms with Crippen molar-refractivity contribution in [1.82, 2.24) is 19.8 Å². The van der Waals surface area contributed by atoms with Crippen LogP contribution in [0.5, 0.6) is 0 Å². The fraction of sp³-hybridized carbons (Fsp3) is 0.318. The number of nitrogens with zero attached hydrogens (tertiary/aromatic N) is 4. The number of carbonyl (C=O) groups excluding carboxylic acids is 3. The number of aromatic nitrogens is 2. The van der Waals surface area contributed by atoms with E-state index < -0.39 is 11.7 Å². The van der Waals surface area contributed by atoms with Gasteiger partial charge in [-0.05, 0) is 31.7 Å².